The number of aliphatic hydroxyl groups excluding tert-OH is 1. The summed E-state index contributed by atoms with van der Waals surface area (Å²) in [5.41, 5.74) is 3.26. The smallest absolute Gasteiger partial charge is 0.123 e. The van der Waals surface area contributed by atoms with Gasteiger partial charge in [-0.1, -0.05) is 6.92 Å². The van der Waals surface area contributed by atoms with Gasteiger partial charge in [0.2, 0.25) is 0 Å². The summed E-state index contributed by atoms with van der Waals surface area (Å²) in [5, 5.41) is 10.4. The quantitative estimate of drug-likeness (QED) is 0.833. The van der Waals surface area contributed by atoms with E-state index >= 15 is 0 Å². The highest BCUT2D eigenvalue weighted by Gasteiger charge is 2.12. The average Bonchev–Trinajstić information content (AvgIpc) is 2.65. The van der Waals surface area contributed by atoms with Gasteiger partial charge in [-0.05, 0) is 25.1 Å². The van der Waals surface area contributed by atoms with Gasteiger partial charge in [-0.3, -0.25) is 0 Å². The molecule has 0 saturated heterocycles. The van der Waals surface area contributed by atoms with E-state index in [1.54, 1.807) is 7.11 Å². The van der Waals surface area contributed by atoms with Crippen molar-refractivity contribution in [3.63, 3.8) is 0 Å². The van der Waals surface area contributed by atoms with Crippen LogP contribution in [0.1, 0.15) is 24.1 Å². The normalized spacial score (nSPS) is 13.0. The molecular formula is C13H17NO2. The summed E-state index contributed by atoms with van der Waals surface area (Å²) in [5.74, 6) is 0.927. The van der Waals surface area contributed by atoms with Gasteiger partial charge in [0.15, 0.2) is 0 Å². The third-order valence-electron chi connectivity index (χ3n) is 2.91. The lowest BCUT2D eigenvalue weighted by molar-refractivity contribution is 0.270. The topological polar surface area (TPSA) is 45.2 Å². The number of methoxy groups -OCH3 is 1. The molecule has 2 rings (SSSR count). The van der Waals surface area contributed by atoms with Gasteiger partial charge in [-0.25, -0.2) is 0 Å². The van der Waals surface area contributed by atoms with Crippen molar-refractivity contribution in [2.75, 3.05) is 13.7 Å². The van der Waals surface area contributed by atoms with Crippen LogP contribution in [0.3, 0.4) is 0 Å². The van der Waals surface area contributed by atoms with Crippen LogP contribution >= 0.6 is 0 Å². The fourth-order valence-corrected chi connectivity index (χ4v) is 1.98. The number of nitrogens with one attached hydrogen (secondary N) is 1. The lowest BCUT2D eigenvalue weighted by Gasteiger charge is -2.13. The zero-order valence-corrected chi connectivity index (χ0v) is 9.87. The molecule has 0 aliphatic rings. The van der Waals surface area contributed by atoms with Crippen LogP contribution < -0.4 is 4.74 Å². The molecule has 0 aliphatic heterocycles. The SMILES string of the molecule is COc1cc2cc(C)[nH]c2cc1C(C)CO. The van der Waals surface area contributed by atoms with Gasteiger partial charge in [-0.2, -0.15) is 0 Å². The minimum Gasteiger partial charge on any atom is -0.496 e. The van der Waals surface area contributed by atoms with Gasteiger partial charge in [0.1, 0.15) is 5.75 Å². The first-order chi connectivity index (χ1) is 7.65. The highest BCUT2D eigenvalue weighted by atomic mass is 16.5. The van der Waals surface area contributed by atoms with Crippen molar-refractivity contribution in [2.45, 2.75) is 19.8 Å². The zero-order chi connectivity index (χ0) is 11.7. The molecule has 2 aromatic rings. The summed E-state index contributed by atoms with van der Waals surface area (Å²) >= 11 is 0. The molecule has 1 aromatic carbocycles. The molecule has 1 unspecified atom stereocenters. The monoisotopic (exact) mass is 219 g/mol. The van der Waals surface area contributed by atoms with Gasteiger partial charge in [0.05, 0.1) is 7.11 Å². The molecule has 0 aliphatic carbocycles. The summed E-state index contributed by atoms with van der Waals surface area (Å²) in [6.07, 6.45) is 0. The molecule has 0 radical (unpaired) electrons. The van der Waals surface area contributed by atoms with E-state index in [1.165, 1.54) is 0 Å². The Balaban J connectivity index is 2.61. The van der Waals surface area contributed by atoms with Crippen LogP contribution in [-0.2, 0) is 0 Å². The van der Waals surface area contributed by atoms with Crippen molar-refractivity contribution in [1.82, 2.24) is 4.98 Å². The zero-order valence-electron chi connectivity index (χ0n) is 9.87. The van der Waals surface area contributed by atoms with E-state index < -0.39 is 0 Å². The number of hydrogen-bond acceptors (Lipinski definition) is 2. The molecule has 0 saturated carbocycles. The number of aromatic nitrogens is 1. The molecule has 0 amide bonds. The fourth-order valence-electron chi connectivity index (χ4n) is 1.98. The Labute approximate surface area is 95.1 Å². The van der Waals surface area contributed by atoms with Crippen LogP contribution in [0.15, 0.2) is 18.2 Å². The Kier molecular flexibility index (Phi) is 2.88. The number of aryl methyl sites for hydroxylation is 1. The maximum atomic E-state index is 9.22. The number of fused-ring (bicyclic) bond motifs is 1. The van der Waals surface area contributed by atoms with Gasteiger partial charge in [0.25, 0.3) is 0 Å². The van der Waals surface area contributed by atoms with E-state index in [0.29, 0.717) is 0 Å². The van der Waals surface area contributed by atoms with E-state index in [0.717, 1.165) is 27.9 Å². The van der Waals surface area contributed by atoms with Crippen LogP contribution in [0.2, 0.25) is 0 Å². The first kappa shape index (κ1) is 11.0. The predicted octanol–water partition coefficient (Wildman–Crippen LogP) is 2.58. The molecule has 3 heteroatoms. The van der Waals surface area contributed by atoms with E-state index in [2.05, 4.69) is 17.1 Å². The van der Waals surface area contributed by atoms with E-state index in [-0.39, 0.29) is 12.5 Å². The van der Waals surface area contributed by atoms with Gasteiger partial charge < -0.3 is 14.8 Å². The van der Waals surface area contributed by atoms with Crippen molar-refractivity contribution in [2.24, 2.45) is 0 Å². The molecular weight excluding hydrogens is 202 g/mol. The summed E-state index contributed by atoms with van der Waals surface area (Å²) < 4.78 is 5.36. The standard InChI is InChI=1S/C13H17NO2/c1-8(7-15)11-6-12-10(4-9(2)14-12)5-13(11)16-3/h4-6,8,14-15H,7H2,1-3H3. The van der Waals surface area contributed by atoms with Crippen molar-refractivity contribution in [1.29, 1.82) is 0 Å². The highest BCUT2D eigenvalue weighted by Crippen LogP contribution is 2.31. The molecule has 0 bridgehead atoms. The van der Waals surface area contributed by atoms with E-state index in [9.17, 15) is 5.11 Å². The van der Waals surface area contributed by atoms with Gasteiger partial charge in [-0.15, -0.1) is 0 Å². The average molecular weight is 219 g/mol. The first-order valence-corrected chi connectivity index (χ1v) is 5.43. The number of aliphatic hydroxyl groups is 1. The molecule has 16 heavy (non-hydrogen) atoms. The summed E-state index contributed by atoms with van der Waals surface area (Å²) in [4.78, 5) is 3.29. The molecule has 1 heterocycles. The second kappa shape index (κ2) is 4.18. The molecule has 2 N–H and O–H groups in total. The van der Waals surface area contributed by atoms with Crippen LogP contribution in [0, 0.1) is 6.92 Å². The lowest BCUT2D eigenvalue weighted by atomic mass is 9.99. The molecule has 1 aromatic heterocycles. The first-order valence-electron chi connectivity index (χ1n) is 5.43. The van der Waals surface area contributed by atoms with Gasteiger partial charge >= 0.3 is 0 Å². The molecule has 0 spiro atoms. The van der Waals surface area contributed by atoms with Crippen molar-refractivity contribution in [3.8, 4) is 5.75 Å². The second-order valence-corrected chi connectivity index (χ2v) is 4.22. The number of benzene rings is 1. The van der Waals surface area contributed by atoms with E-state index in [1.807, 2.05) is 19.9 Å². The van der Waals surface area contributed by atoms with Crippen molar-refractivity contribution < 1.29 is 9.84 Å². The second-order valence-electron chi connectivity index (χ2n) is 4.22. The third-order valence-corrected chi connectivity index (χ3v) is 2.91. The summed E-state index contributed by atoms with van der Waals surface area (Å²) in [7, 11) is 1.66. The largest absolute Gasteiger partial charge is 0.496 e. The summed E-state index contributed by atoms with van der Waals surface area (Å²) in [6, 6.07) is 6.16. The van der Waals surface area contributed by atoms with Crippen LogP contribution in [0.25, 0.3) is 10.9 Å². The molecule has 3 nitrogen and oxygen atoms in total. The number of hydrogen-bond donors (Lipinski definition) is 2. The van der Waals surface area contributed by atoms with Crippen molar-refractivity contribution in [3.05, 3.63) is 29.5 Å². The fraction of sp³-hybridized carbons (Fsp3) is 0.385. The Bertz CT molecular complexity index is 502. The Morgan fingerprint density at radius 1 is 1.38 bits per heavy atom. The third kappa shape index (κ3) is 1.78. The minimum atomic E-state index is 0.0861. The Hall–Kier alpha value is -1.48. The number of rotatable bonds is 3. The number of ether oxygens (including phenoxy) is 1. The van der Waals surface area contributed by atoms with Gasteiger partial charge in [0, 0.05) is 34.7 Å². The van der Waals surface area contributed by atoms with Crippen LogP contribution in [-0.4, -0.2) is 23.8 Å². The van der Waals surface area contributed by atoms with Crippen molar-refractivity contribution >= 4 is 10.9 Å². The predicted molar refractivity (Wildman–Crippen MR) is 65.1 cm³/mol. The minimum absolute atomic E-state index is 0.0861. The molecule has 1 atom stereocenters. The lowest BCUT2D eigenvalue weighted by Crippen LogP contribution is -2.01. The number of H-pyrrole nitrogens is 1. The molecule has 0 fully saturated rings. The van der Waals surface area contributed by atoms with Crippen LogP contribution in [0.5, 0.6) is 5.75 Å². The Morgan fingerprint density at radius 3 is 2.75 bits per heavy atom. The maximum absolute atomic E-state index is 9.22. The highest BCUT2D eigenvalue weighted by molar-refractivity contribution is 5.83. The summed E-state index contributed by atoms with van der Waals surface area (Å²) in [6.45, 7) is 4.14. The Morgan fingerprint density at radius 2 is 2.12 bits per heavy atom. The molecule has 86 valence electrons. The maximum Gasteiger partial charge on any atom is 0.123 e. The van der Waals surface area contributed by atoms with Crippen LogP contribution in [0.4, 0.5) is 0 Å². The number of aromatic amines is 1. The van der Waals surface area contributed by atoms with E-state index in [4.69, 9.17) is 4.74 Å².